The number of esters is 1. The van der Waals surface area contributed by atoms with Crippen molar-refractivity contribution in [2.45, 2.75) is 199 Å². The predicted molar refractivity (Wildman–Crippen MR) is 363 cm³/mol. The number of carbonyl (C=O) groups excluding carboxylic acids is 2. The van der Waals surface area contributed by atoms with Crippen LogP contribution in [0.2, 0.25) is 0 Å². The van der Waals surface area contributed by atoms with Crippen molar-refractivity contribution in [2.24, 2.45) is 5.92 Å². The number of piperidine rings is 2. The van der Waals surface area contributed by atoms with Crippen LogP contribution < -0.4 is 52.8 Å². The quantitative estimate of drug-likeness (QED) is 0.0140. The van der Waals surface area contributed by atoms with Gasteiger partial charge in [-0.2, -0.15) is 9.97 Å². The number of para-hydroxylation sites is 1. The van der Waals surface area contributed by atoms with Gasteiger partial charge in [0.25, 0.3) is 0 Å². The number of benzene rings is 2. The Morgan fingerprint density at radius 2 is 1.23 bits per heavy atom. The molecule has 502 valence electrons. The summed E-state index contributed by atoms with van der Waals surface area (Å²) in [6.45, 7) is 14.6. The van der Waals surface area contributed by atoms with Gasteiger partial charge >= 0.3 is 5.97 Å². The van der Waals surface area contributed by atoms with Gasteiger partial charge in [0.2, 0.25) is 17.8 Å². The number of hydrogen-bond acceptors (Lipinski definition) is 22. The van der Waals surface area contributed by atoms with Gasteiger partial charge in [-0.3, -0.25) is 19.0 Å². The van der Waals surface area contributed by atoms with Crippen LogP contribution >= 0.6 is 0 Å². The number of amides is 1. The van der Waals surface area contributed by atoms with Gasteiger partial charge in [0, 0.05) is 61.0 Å². The summed E-state index contributed by atoms with van der Waals surface area (Å²) >= 11 is 0. The van der Waals surface area contributed by atoms with Crippen molar-refractivity contribution in [3.8, 4) is 0 Å². The molecule has 4 aliphatic rings. The summed E-state index contributed by atoms with van der Waals surface area (Å²) in [5.41, 5.74) is 5.40. The molecule has 4 fully saturated rings. The zero-order chi connectivity index (χ0) is 63.7. The lowest BCUT2D eigenvalue weighted by Gasteiger charge is -2.32. The Morgan fingerprint density at radius 3 is 1.95 bits per heavy atom. The third kappa shape index (κ3) is 20.7. The summed E-state index contributed by atoms with van der Waals surface area (Å²) in [7, 11) is 0. The standard InChI is InChI=1S/C67H101N23O3/c1-2-3-9-40-93-62(91)48-90-47-55(83-86-90)42-73-63-58-16-7-8-17-60(58)77-66(79-63)75-44-57-46-89(85-82-57)37-13-31-69-29-11-33-72-53-21-18-49(19-22-53)51-20-23-59-61(41-51)78-67(80-64(59)76-54-24-34-70-35-25-54)87-38-26-50(27-39-87)65(92)74-43-56-45-88(84-81-56)36-12-30-68-28-10-32-71-52-14-5-4-6-15-52/h7-8,16-17,20,23,41,45-47,49-50,52-54,68-72H,2-6,9-15,18-19,21-22,24-40,42-44,48H2,1H3,(H,74,92)(H,76,78,80)(H2,73,75,77,79). The van der Waals surface area contributed by atoms with E-state index in [4.69, 9.17) is 24.7 Å². The van der Waals surface area contributed by atoms with E-state index < -0.39 is 0 Å². The van der Waals surface area contributed by atoms with Crippen molar-refractivity contribution in [3.05, 3.63) is 83.7 Å². The Morgan fingerprint density at radius 1 is 0.581 bits per heavy atom. The fourth-order valence-electron chi connectivity index (χ4n) is 13.3. The molecule has 0 atom stereocenters. The molecular weight excluding hydrogens is 1170 g/mol. The molecule has 2 aliphatic carbocycles. The number of ether oxygens (including phenoxy) is 1. The first kappa shape index (κ1) is 66.9. The number of unbranched alkanes of at least 4 members (excludes halogenated alkanes) is 2. The average Bonchev–Trinajstić information content (AvgIpc) is 1.65. The Balaban J connectivity index is 0.564. The molecule has 2 saturated heterocycles. The SMILES string of the molecule is CCCCCOC(=O)Cn1cc(CNc2nc(NCc3cn(CCCNCCCNC4CCC(c5ccc6c(NC7CCNCC7)nc(N7CCC(C(=O)NCc8cn(CCCNCCCNC9CCCCC9)nn8)CC7)nc6c5)CC4)nn3)nc3ccccc23)nn1. The molecule has 0 spiro atoms. The number of fused-ring (bicyclic) bond motifs is 2. The highest BCUT2D eigenvalue weighted by atomic mass is 16.5. The molecule has 2 aromatic carbocycles. The third-order valence-corrected chi connectivity index (χ3v) is 18.7. The molecule has 26 nitrogen and oxygen atoms in total. The van der Waals surface area contributed by atoms with E-state index >= 15 is 0 Å². The lowest BCUT2D eigenvalue weighted by Crippen LogP contribution is -2.41. The number of aryl methyl sites for hydroxylation is 2. The van der Waals surface area contributed by atoms with E-state index in [0.717, 1.165) is 226 Å². The minimum absolute atomic E-state index is 0.0152. The molecule has 2 aliphatic heterocycles. The summed E-state index contributed by atoms with van der Waals surface area (Å²) in [6, 6.07) is 16.3. The first-order chi connectivity index (χ1) is 45.8. The van der Waals surface area contributed by atoms with Crippen LogP contribution in [0.15, 0.2) is 61.1 Å². The summed E-state index contributed by atoms with van der Waals surface area (Å²) in [6.07, 6.45) is 27.8. The van der Waals surface area contributed by atoms with Gasteiger partial charge in [0.1, 0.15) is 35.3 Å². The van der Waals surface area contributed by atoms with E-state index in [1.165, 1.54) is 42.3 Å². The molecule has 93 heavy (non-hydrogen) atoms. The van der Waals surface area contributed by atoms with Crippen LogP contribution in [-0.2, 0) is 53.6 Å². The van der Waals surface area contributed by atoms with Gasteiger partial charge in [0.05, 0.1) is 55.9 Å². The first-order valence-corrected chi connectivity index (χ1v) is 35.1. The average molecular weight is 1280 g/mol. The minimum atomic E-state index is -0.326. The predicted octanol–water partition coefficient (Wildman–Crippen LogP) is 6.98. The Labute approximate surface area is 547 Å². The van der Waals surface area contributed by atoms with Gasteiger partial charge < -0.3 is 57.5 Å². The molecule has 7 heterocycles. The summed E-state index contributed by atoms with van der Waals surface area (Å²) in [4.78, 5) is 48.0. The monoisotopic (exact) mass is 1280 g/mol. The van der Waals surface area contributed by atoms with E-state index in [2.05, 4.69) is 109 Å². The Bertz CT molecular complexity index is 3380. The van der Waals surface area contributed by atoms with Crippen LogP contribution in [0.5, 0.6) is 0 Å². The van der Waals surface area contributed by atoms with Crippen LogP contribution in [0.3, 0.4) is 0 Å². The van der Waals surface area contributed by atoms with Gasteiger partial charge in [-0.15, -0.1) is 15.3 Å². The van der Waals surface area contributed by atoms with E-state index in [1.54, 1.807) is 6.20 Å². The topological polar surface area (TPSA) is 299 Å². The minimum Gasteiger partial charge on any atom is -0.464 e. The van der Waals surface area contributed by atoms with Crippen molar-refractivity contribution >= 4 is 57.2 Å². The first-order valence-electron chi connectivity index (χ1n) is 35.1. The van der Waals surface area contributed by atoms with Crippen LogP contribution in [-0.4, -0.2) is 167 Å². The zero-order valence-corrected chi connectivity index (χ0v) is 54.8. The van der Waals surface area contributed by atoms with Crippen molar-refractivity contribution in [1.29, 1.82) is 0 Å². The number of nitrogens with zero attached hydrogens (tertiary/aromatic N) is 14. The third-order valence-electron chi connectivity index (χ3n) is 18.7. The lowest BCUT2D eigenvalue weighted by atomic mass is 9.81. The molecule has 1 amide bonds. The molecule has 26 heteroatoms. The summed E-state index contributed by atoms with van der Waals surface area (Å²) in [5.74, 6) is 2.96. The van der Waals surface area contributed by atoms with Crippen LogP contribution in [0.4, 0.5) is 23.5 Å². The highest BCUT2D eigenvalue weighted by Gasteiger charge is 2.29. The second kappa shape index (κ2) is 35.7. The number of anilines is 4. The van der Waals surface area contributed by atoms with E-state index in [9.17, 15) is 9.59 Å². The largest absolute Gasteiger partial charge is 0.464 e. The maximum Gasteiger partial charge on any atom is 0.327 e. The normalized spacial score (nSPS) is 17.7. The second-order valence-corrected chi connectivity index (χ2v) is 25.9. The molecule has 0 unspecified atom stereocenters. The number of carbonyl (C=O) groups is 2. The number of nitrogens with one attached hydrogen (secondary N) is 9. The van der Waals surface area contributed by atoms with E-state index in [-0.39, 0.29) is 24.3 Å². The summed E-state index contributed by atoms with van der Waals surface area (Å²) in [5, 5.41) is 59.8. The van der Waals surface area contributed by atoms with Crippen LogP contribution in [0.1, 0.15) is 164 Å². The molecule has 5 aromatic heterocycles. The fourth-order valence-corrected chi connectivity index (χ4v) is 13.3. The second-order valence-electron chi connectivity index (χ2n) is 25.9. The van der Waals surface area contributed by atoms with Crippen molar-refractivity contribution < 1.29 is 14.3 Å². The van der Waals surface area contributed by atoms with E-state index in [0.29, 0.717) is 61.7 Å². The number of rotatable bonds is 37. The fraction of sp³-hybridized carbons (Fsp3) is 0.642. The molecule has 0 radical (unpaired) electrons. The Kier molecular flexibility index (Phi) is 25.7. The van der Waals surface area contributed by atoms with Crippen molar-refractivity contribution in [3.63, 3.8) is 0 Å². The number of aromatic nitrogens is 13. The van der Waals surface area contributed by atoms with Gasteiger partial charge in [-0.1, -0.05) is 72.9 Å². The molecule has 0 bridgehead atoms. The molecule has 7 aromatic rings. The van der Waals surface area contributed by atoms with Crippen LogP contribution in [0, 0.1) is 5.92 Å². The Hall–Kier alpha value is -7.52. The smallest absolute Gasteiger partial charge is 0.327 e. The maximum absolute atomic E-state index is 13.5. The zero-order valence-electron chi connectivity index (χ0n) is 54.8. The molecular formula is C67H101N23O3. The van der Waals surface area contributed by atoms with Gasteiger partial charge in [-0.05, 0) is 184 Å². The number of hydrogen-bond donors (Lipinski definition) is 9. The van der Waals surface area contributed by atoms with Crippen LogP contribution in [0.25, 0.3) is 21.8 Å². The lowest BCUT2D eigenvalue weighted by molar-refractivity contribution is -0.144. The van der Waals surface area contributed by atoms with Gasteiger partial charge in [-0.25, -0.2) is 14.6 Å². The molecule has 11 rings (SSSR count). The van der Waals surface area contributed by atoms with Crippen molar-refractivity contribution in [2.75, 3.05) is 92.9 Å². The summed E-state index contributed by atoms with van der Waals surface area (Å²) < 4.78 is 10.6. The highest BCUT2D eigenvalue weighted by molar-refractivity contribution is 5.91. The van der Waals surface area contributed by atoms with Crippen molar-refractivity contribution in [1.82, 2.24) is 96.8 Å². The maximum atomic E-state index is 13.5. The van der Waals surface area contributed by atoms with Gasteiger partial charge in [0.15, 0.2) is 0 Å². The molecule has 9 N–H and O–H groups in total. The molecule has 2 saturated carbocycles. The van der Waals surface area contributed by atoms with E-state index in [1.807, 2.05) is 46.0 Å². The highest BCUT2D eigenvalue weighted by Crippen LogP contribution is 2.36.